The molecule has 0 aromatic rings. The van der Waals surface area contributed by atoms with E-state index in [2.05, 4.69) is 41.5 Å². The Morgan fingerprint density at radius 2 is 0.560 bits per heavy atom. The van der Waals surface area contributed by atoms with Crippen molar-refractivity contribution < 1.29 is 80.2 Å². The van der Waals surface area contributed by atoms with Crippen LogP contribution in [0.3, 0.4) is 0 Å². The van der Waals surface area contributed by atoms with E-state index in [1.54, 1.807) is 0 Å². The van der Waals surface area contributed by atoms with Crippen LogP contribution in [-0.2, 0) is 65.4 Å². The third kappa shape index (κ3) is 65.1. The maximum atomic E-state index is 13.0. The summed E-state index contributed by atoms with van der Waals surface area (Å²) in [6, 6.07) is 0. The maximum absolute atomic E-state index is 13.0. The Morgan fingerprint density at radius 1 is 0.319 bits per heavy atom. The first-order valence-electron chi connectivity index (χ1n) is 37.5. The molecule has 0 saturated carbocycles. The number of rotatable bonds is 71. The van der Waals surface area contributed by atoms with Crippen LogP contribution < -0.4 is 0 Å². The molecule has 0 spiro atoms. The summed E-state index contributed by atoms with van der Waals surface area (Å²) in [5.74, 6) is -0.622. The summed E-state index contributed by atoms with van der Waals surface area (Å²) in [7, 11) is -9.90. The van der Waals surface area contributed by atoms with Gasteiger partial charge in [0.25, 0.3) is 0 Å². The Hall–Kier alpha value is -1.94. The molecule has 0 amide bonds. The second kappa shape index (κ2) is 64.1. The van der Waals surface area contributed by atoms with Gasteiger partial charge >= 0.3 is 39.5 Å². The van der Waals surface area contributed by atoms with Crippen LogP contribution in [0.5, 0.6) is 0 Å². The molecule has 17 nitrogen and oxygen atoms in total. The molecule has 19 heteroatoms. The van der Waals surface area contributed by atoms with Crippen molar-refractivity contribution in [3.63, 3.8) is 0 Å². The molecule has 0 rings (SSSR count). The highest BCUT2D eigenvalue weighted by atomic mass is 31.2. The van der Waals surface area contributed by atoms with E-state index in [0.29, 0.717) is 25.7 Å². The molecular formula is C72H140O17P2. The average Bonchev–Trinajstić information content (AvgIpc) is 3.72. The molecule has 0 aliphatic heterocycles. The van der Waals surface area contributed by atoms with Crippen LogP contribution in [0.4, 0.5) is 0 Å². The number of carbonyl (C=O) groups excluding carboxylic acids is 4. The van der Waals surface area contributed by atoms with Gasteiger partial charge in [0, 0.05) is 25.7 Å². The van der Waals surface area contributed by atoms with Crippen LogP contribution in [0, 0.1) is 11.8 Å². The van der Waals surface area contributed by atoms with Crippen LogP contribution in [0.1, 0.15) is 369 Å². The first-order valence-corrected chi connectivity index (χ1v) is 40.5. The van der Waals surface area contributed by atoms with Crippen molar-refractivity contribution in [2.24, 2.45) is 11.8 Å². The zero-order valence-electron chi connectivity index (χ0n) is 59.1. The van der Waals surface area contributed by atoms with Gasteiger partial charge < -0.3 is 33.8 Å². The fraction of sp³-hybridized carbons (Fsp3) is 0.944. The van der Waals surface area contributed by atoms with E-state index in [1.165, 1.54) is 186 Å². The van der Waals surface area contributed by atoms with Crippen LogP contribution in [0.25, 0.3) is 0 Å². The highest BCUT2D eigenvalue weighted by Gasteiger charge is 2.30. The second-order valence-electron chi connectivity index (χ2n) is 26.7. The fourth-order valence-corrected chi connectivity index (χ4v) is 12.5. The van der Waals surface area contributed by atoms with Crippen molar-refractivity contribution >= 4 is 39.5 Å². The number of unbranched alkanes of at least 4 members (excludes halogenated alkanes) is 40. The zero-order chi connectivity index (χ0) is 67.2. The van der Waals surface area contributed by atoms with Crippen molar-refractivity contribution in [2.45, 2.75) is 387 Å². The SMILES string of the molecule is CCCCCCCCCCCCCCCCCCCC(=O)O[C@H](COC(=O)CCCCCCCCCCCCCCC(C)C)COP(=O)(O)OC[C@@H](O)COP(=O)(O)OC[C@@H](COC(=O)CCCCCCCCCCC)OC(=O)CCCCCCCCC(C)CC. The Morgan fingerprint density at radius 3 is 0.835 bits per heavy atom. The molecule has 0 aliphatic rings. The second-order valence-corrected chi connectivity index (χ2v) is 29.6. The minimum Gasteiger partial charge on any atom is -0.462 e. The van der Waals surface area contributed by atoms with Crippen LogP contribution in [0.15, 0.2) is 0 Å². The standard InChI is InChI=1S/C72H140O17P2/c1-7-10-12-14-16-18-19-20-21-22-23-24-29-33-37-44-50-56-71(76)88-67(60-83-70(75)55-49-43-36-32-28-26-25-27-31-34-40-46-52-64(4)5)62-86-90(78,79)84-58-66(73)59-85-91(80,81)87-63-68(61-82-69(74)54-48-42-35-30-17-15-13-11-8-2)89-72(77)57-51-45-39-38-41-47-53-65(6)9-3/h64-68,73H,7-63H2,1-6H3,(H,78,79)(H,80,81)/t65?,66-,67-,68-/m1/s1. The lowest BCUT2D eigenvalue weighted by Gasteiger charge is -2.21. The van der Waals surface area contributed by atoms with Crippen molar-refractivity contribution in [3.05, 3.63) is 0 Å². The monoisotopic (exact) mass is 1340 g/mol. The lowest BCUT2D eigenvalue weighted by atomic mass is 10.00. The van der Waals surface area contributed by atoms with E-state index in [1.807, 2.05) is 0 Å². The molecule has 540 valence electrons. The molecule has 0 aromatic heterocycles. The molecular weight excluding hydrogens is 1200 g/mol. The number of esters is 4. The molecule has 0 aromatic carbocycles. The average molecular weight is 1340 g/mol. The summed E-state index contributed by atoms with van der Waals surface area (Å²) in [6.45, 7) is 9.51. The number of aliphatic hydroxyl groups is 1. The first-order chi connectivity index (χ1) is 43.9. The zero-order valence-corrected chi connectivity index (χ0v) is 60.9. The van der Waals surface area contributed by atoms with Gasteiger partial charge in [-0.05, 0) is 37.5 Å². The van der Waals surface area contributed by atoms with Gasteiger partial charge in [0.2, 0.25) is 0 Å². The van der Waals surface area contributed by atoms with Crippen LogP contribution in [-0.4, -0.2) is 96.7 Å². The number of carbonyl (C=O) groups is 4. The summed E-state index contributed by atoms with van der Waals surface area (Å²) in [5.41, 5.74) is 0. The van der Waals surface area contributed by atoms with Gasteiger partial charge in [0.15, 0.2) is 12.2 Å². The summed E-state index contributed by atoms with van der Waals surface area (Å²) in [4.78, 5) is 72.6. The molecule has 0 fully saturated rings. The number of hydrogen-bond donors (Lipinski definition) is 3. The van der Waals surface area contributed by atoms with Gasteiger partial charge in [-0.3, -0.25) is 37.3 Å². The Bertz CT molecular complexity index is 1770. The largest absolute Gasteiger partial charge is 0.472 e. The number of phosphoric acid groups is 2. The first kappa shape index (κ1) is 89.1. The number of phosphoric ester groups is 2. The summed E-state index contributed by atoms with van der Waals surface area (Å²) in [5, 5.41) is 10.6. The number of ether oxygens (including phenoxy) is 4. The molecule has 0 radical (unpaired) electrons. The maximum Gasteiger partial charge on any atom is 0.472 e. The van der Waals surface area contributed by atoms with Gasteiger partial charge in [0.05, 0.1) is 26.4 Å². The quantitative estimate of drug-likeness (QED) is 0.0222. The number of aliphatic hydroxyl groups excluding tert-OH is 1. The summed E-state index contributed by atoms with van der Waals surface area (Å²) < 4.78 is 68.3. The molecule has 0 heterocycles. The lowest BCUT2D eigenvalue weighted by Crippen LogP contribution is -2.30. The summed E-state index contributed by atoms with van der Waals surface area (Å²) >= 11 is 0. The minimum atomic E-state index is -4.95. The van der Waals surface area contributed by atoms with E-state index < -0.39 is 97.5 Å². The highest BCUT2D eigenvalue weighted by molar-refractivity contribution is 7.47. The molecule has 6 atom stereocenters. The highest BCUT2D eigenvalue weighted by Crippen LogP contribution is 2.45. The van der Waals surface area contributed by atoms with E-state index in [0.717, 1.165) is 102 Å². The smallest absolute Gasteiger partial charge is 0.462 e. The molecule has 3 unspecified atom stereocenters. The fourth-order valence-electron chi connectivity index (χ4n) is 10.9. The van der Waals surface area contributed by atoms with Crippen molar-refractivity contribution in [1.82, 2.24) is 0 Å². The van der Waals surface area contributed by atoms with E-state index in [4.69, 9.17) is 37.0 Å². The normalized spacial score (nSPS) is 14.4. The topological polar surface area (TPSA) is 237 Å². The van der Waals surface area contributed by atoms with E-state index in [9.17, 15) is 43.2 Å². The van der Waals surface area contributed by atoms with Crippen molar-refractivity contribution in [1.29, 1.82) is 0 Å². The third-order valence-corrected chi connectivity index (χ3v) is 19.0. The van der Waals surface area contributed by atoms with Crippen molar-refractivity contribution in [3.8, 4) is 0 Å². The Labute approximate surface area is 556 Å². The van der Waals surface area contributed by atoms with Gasteiger partial charge in [-0.15, -0.1) is 0 Å². The van der Waals surface area contributed by atoms with Gasteiger partial charge in [0.1, 0.15) is 19.3 Å². The predicted octanol–water partition coefficient (Wildman–Crippen LogP) is 20.8. The van der Waals surface area contributed by atoms with E-state index >= 15 is 0 Å². The third-order valence-electron chi connectivity index (χ3n) is 17.1. The Kier molecular flexibility index (Phi) is 62.7. The molecule has 0 aliphatic carbocycles. The number of hydrogen-bond acceptors (Lipinski definition) is 15. The predicted molar refractivity (Wildman–Crippen MR) is 368 cm³/mol. The lowest BCUT2D eigenvalue weighted by molar-refractivity contribution is -0.161. The van der Waals surface area contributed by atoms with Gasteiger partial charge in [-0.2, -0.15) is 0 Å². The van der Waals surface area contributed by atoms with Crippen molar-refractivity contribution in [2.75, 3.05) is 39.6 Å². The molecule has 0 bridgehead atoms. The minimum absolute atomic E-state index is 0.103. The summed E-state index contributed by atoms with van der Waals surface area (Å²) in [6.07, 6.45) is 50.0. The van der Waals surface area contributed by atoms with Crippen LogP contribution >= 0.6 is 15.6 Å². The van der Waals surface area contributed by atoms with Gasteiger partial charge in [-0.1, -0.05) is 318 Å². The van der Waals surface area contributed by atoms with Gasteiger partial charge in [-0.25, -0.2) is 9.13 Å². The van der Waals surface area contributed by atoms with Crippen LogP contribution in [0.2, 0.25) is 0 Å². The molecule has 91 heavy (non-hydrogen) atoms. The molecule has 3 N–H and O–H groups in total. The van der Waals surface area contributed by atoms with E-state index in [-0.39, 0.29) is 25.7 Å². The molecule has 0 saturated heterocycles. The Balaban J connectivity index is 5.23.